The summed E-state index contributed by atoms with van der Waals surface area (Å²) < 4.78 is 0. The SMILES string of the molecule is CCCCCC(=O)Nc1cc2nn(-c3cccc4ccccc34)nc2cc1C. The van der Waals surface area contributed by atoms with Crippen LogP contribution in [-0.2, 0) is 4.79 Å². The molecule has 1 amide bonds. The van der Waals surface area contributed by atoms with E-state index in [0.29, 0.717) is 6.42 Å². The number of hydrogen-bond acceptors (Lipinski definition) is 3. The van der Waals surface area contributed by atoms with E-state index in [9.17, 15) is 4.79 Å². The minimum absolute atomic E-state index is 0.0531. The Morgan fingerprint density at radius 1 is 1.00 bits per heavy atom. The molecule has 142 valence electrons. The van der Waals surface area contributed by atoms with Gasteiger partial charge in [-0.1, -0.05) is 56.2 Å². The zero-order valence-electron chi connectivity index (χ0n) is 16.3. The highest BCUT2D eigenvalue weighted by Crippen LogP contribution is 2.25. The second-order valence-corrected chi connectivity index (χ2v) is 7.15. The minimum atomic E-state index is 0.0531. The Bertz CT molecular complexity index is 1140. The third kappa shape index (κ3) is 3.60. The highest BCUT2D eigenvalue weighted by molar-refractivity contribution is 5.94. The maximum absolute atomic E-state index is 12.2. The van der Waals surface area contributed by atoms with Crippen molar-refractivity contribution in [3.05, 3.63) is 60.2 Å². The first-order valence-corrected chi connectivity index (χ1v) is 9.81. The Morgan fingerprint density at radius 2 is 1.75 bits per heavy atom. The van der Waals surface area contributed by atoms with Crippen LogP contribution in [0.15, 0.2) is 54.6 Å². The van der Waals surface area contributed by atoms with Crippen molar-refractivity contribution in [2.75, 3.05) is 5.32 Å². The van der Waals surface area contributed by atoms with E-state index in [-0.39, 0.29) is 5.91 Å². The first kappa shape index (κ1) is 18.2. The summed E-state index contributed by atoms with van der Waals surface area (Å²) in [5.74, 6) is 0.0531. The fraction of sp³-hybridized carbons (Fsp3) is 0.261. The summed E-state index contributed by atoms with van der Waals surface area (Å²) in [6.07, 6.45) is 3.65. The van der Waals surface area contributed by atoms with Crippen LogP contribution in [0.3, 0.4) is 0 Å². The number of hydrogen-bond donors (Lipinski definition) is 1. The van der Waals surface area contributed by atoms with Crippen molar-refractivity contribution in [2.45, 2.75) is 39.5 Å². The molecular weight excluding hydrogens is 348 g/mol. The van der Waals surface area contributed by atoms with Crippen molar-refractivity contribution in [3.63, 3.8) is 0 Å². The molecule has 0 aliphatic rings. The monoisotopic (exact) mass is 372 g/mol. The molecule has 5 nitrogen and oxygen atoms in total. The Labute approximate surface area is 164 Å². The van der Waals surface area contributed by atoms with Gasteiger partial charge in [0.2, 0.25) is 5.91 Å². The number of aryl methyl sites for hydroxylation is 1. The number of unbranched alkanes of at least 4 members (excludes halogenated alkanes) is 2. The lowest BCUT2D eigenvalue weighted by molar-refractivity contribution is -0.116. The van der Waals surface area contributed by atoms with Crippen LogP contribution in [0, 0.1) is 6.92 Å². The van der Waals surface area contributed by atoms with Gasteiger partial charge in [0.1, 0.15) is 11.0 Å². The van der Waals surface area contributed by atoms with Crippen LogP contribution in [0.2, 0.25) is 0 Å². The lowest BCUT2D eigenvalue weighted by Gasteiger charge is -2.07. The number of benzene rings is 3. The number of carbonyl (C=O) groups is 1. The summed E-state index contributed by atoms with van der Waals surface area (Å²) in [5, 5.41) is 14.6. The Kier molecular flexibility index (Phi) is 5.06. The molecule has 0 bridgehead atoms. The summed E-state index contributed by atoms with van der Waals surface area (Å²) in [5.41, 5.74) is 4.31. The van der Waals surface area contributed by atoms with E-state index < -0.39 is 0 Å². The molecule has 0 saturated heterocycles. The zero-order chi connectivity index (χ0) is 19.5. The smallest absolute Gasteiger partial charge is 0.224 e. The highest BCUT2D eigenvalue weighted by Gasteiger charge is 2.12. The van der Waals surface area contributed by atoms with E-state index in [2.05, 4.69) is 40.6 Å². The molecule has 0 aliphatic heterocycles. The molecule has 0 unspecified atom stereocenters. The zero-order valence-corrected chi connectivity index (χ0v) is 16.3. The van der Waals surface area contributed by atoms with Crippen molar-refractivity contribution in [2.24, 2.45) is 0 Å². The van der Waals surface area contributed by atoms with Crippen LogP contribution in [0.25, 0.3) is 27.5 Å². The molecule has 1 heterocycles. The number of carbonyl (C=O) groups excluding carboxylic acids is 1. The van der Waals surface area contributed by atoms with Crippen molar-refractivity contribution in [1.82, 2.24) is 15.0 Å². The summed E-state index contributed by atoms with van der Waals surface area (Å²) in [4.78, 5) is 13.9. The normalized spacial score (nSPS) is 11.2. The first-order chi connectivity index (χ1) is 13.7. The van der Waals surface area contributed by atoms with Crippen molar-refractivity contribution < 1.29 is 4.79 Å². The maximum Gasteiger partial charge on any atom is 0.224 e. The van der Waals surface area contributed by atoms with Gasteiger partial charge in [0.15, 0.2) is 0 Å². The Morgan fingerprint density at radius 3 is 2.57 bits per heavy atom. The number of rotatable bonds is 6. The molecule has 4 aromatic rings. The van der Waals surface area contributed by atoms with E-state index in [1.807, 2.05) is 43.3 Å². The number of fused-ring (bicyclic) bond motifs is 2. The van der Waals surface area contributed by atoms with E-state index in [4.69, 9.17) is 0 Å². The molecule has 5 heteroatoms. The molecule has 1 N–H and O–H groups in total. The summed E-state index contributed by atoms with van der Waals surface area (Å²) >= 11 is 0. The van der Waals surface area contributed by atoms with Crippen LogP contribution in [-0.4, -0.2) is 20.9 Å². The Balaban J connectivity index is 1.67. The van der Waals surface area contributed by atoms with E-state index in [1.165, 1.54) is 0 Å². The molecule has 0 saturated carbocycles. The van der Waals surface area contributed by atoms with Gasteiger partial charge in [-0.05, 0) is 42.5 Å². The van der Waals surface area contributed by atoms with Crippen LogP contribution in [0.5, 0.6) is 0 Å². The third-order valence-electron chi connectivity index (χ3n) is 4.99. The van der Waals surface area contributed by atoms with Gasteiger partial charge < -0.3 is 5.32 Å². The van der Waals surface area contributed by atoms with Gasteiger partial charge in [0.25, 0.3) is 0 Å². The van der Waals surface area contributed by atoms with Crippen LogP contribution >= 0.6 is 0 Å². The molecule has 0 aliphatic carbocycles. The number of amides is 1. The van der Waals surface area contributed by atoms with Gasteiger partial charge in [0, 0.05) is 17.5 Å². The highest BCUT2D eigenvalue weighted by atomic mass is 16.1. The lowest BCUT2D eigenvalue weighted by Crippen LogP contribution is -2.12. The van der Waals surface area contributed by atoms with Gasteiger partial charge in [0.05, 0.1) is 5.69 Å². The minimum Gasteiger partial charge on any atom is -0.326 e. The van der Waals surface area contributed by atoms with E-state index in [1.54, 1.807) is 4.80 Å². The summed E-state index contributed by atoms with van der Waals surface area (Å²) in [7, 11) is 0. The first-order valence-electron chi connectivity index (χ1n) is 9.81. The number of nitrogens with one attached hydrogen (secondary N) is 1. The van der Waals surface area contributed by atoms with Gasteiger partial charge in [-0.3, -0.25) is 4.79 Å². The van der Waals surface area contributed by atoms with Crippen molar-refractivity contribution in [1.29, 1.82) is 0 Å². The second-order valence-electron chi connectivity index (χ2n) is 7.15. The largest absolute Gasteiger partial charge is 0.326 e. The standard InChI is InChI=1S/C23H24N4O/c1-3-4-5-13-23(28)24-19-15-21-20(14-16(19)2)25-27(26-21)22-12-8-10-17-9-6-7-11-18(17)22/h6-12,14-15H,3-5,13H2,1-2H3,(H,24,28). The average molecular weight is 372 g/mol. The molecule has 0 spiro atoms. The van der Waals surface area contributed by atoms with E-state index >= 15 is 0 Å². The van der Waals surface area contributed by atoms with Crippen molar-refractivity contribution in [3.8, 4) is 5.69 Å². The average Bonchev–Trinajstić information content (AvgIpc) is 3.10. The number of aromatic nitrogens is 3. The predicted octanol–water partition coefficient (Wildman–Crippen LogP) is 5.40. The Hall–Kier alpha value is -3.21. The quantitative estimate of drug-likeness (QED) is 0.461. The van der Waals surface area contributed by atoms with Gasteiger partial charge in [-0.15, -0.1) is 15.0 Å². The van der Waals surface area contributed by atoms with Crippen LogP contribution in [0.1, 0.15) is 38.2 Å². The van der Waals surface area contributed by atoms with Gasteiger partial charge in [-0.2, -0.15) is 0 Å². The molecule has 3 aromatic carbocycles. The summed E-state index contributed by atoms with van der Waals surface area (Å²) in [6.45, 7) is 4.12. The lowest BCUT2D eigenvalue weighted by atomic mass is 10.1. The van der Waals surface area contributed by atoms with Crippen molar-refractivity contribution >= 4 is 33.4 Å². The second kappa shape index (κ2) is 7.80. The van der Waals surface area contributed by atoms with Gasteiger partial charge in [-0.25, -0.2) is 0 Å². The summed E-state index contributed by atoms with van der Waals surface area (Å²) in [6, 6.07) is 18.2. The topological polar surface area (TPSA) is 59.8 Å². The third-order valence-corrected chi connectivity index (χ3v) is 4.99. The fourth-order valence-electron chi connectivity index (χ4n) is 3.44. The van der Waals surface area contributed by atoms with E-state index in [0.717, 1.165) is 58.0 Å². The predicted molar refractivity (Wildman–Crippen MR) is 114 cm³/mol. The molecule has 0 fully saturated rings. The molecule has 0 atom stereocenters. The molecule has 4 rings (SSSR count). The molecular formula is C23H24N4O. The molecule has 28 heavy (non-hydrogen) atoms. The fourth-order valence-corrected chi connectivity index (χ4v) is 3.44. The number of nitrogens with zero attached hydrogens (tertiary/aromatic N) is 3. The molecule has 0 radical (unpaired) electrons. The van der Waals surface area contributed by atoms with Gasteiger partial charge >= 0.3 is 0 Å². The number of anilines is 1. The van der Waals surface area contributed by atoms with Crippen LogP contribution in [0.4, 0.5) is 5.69 Å². The maximum atomic E-state index is 12.2. The van der Waals surface area contributed by atoms with Crippen LogP contribution < -0.4 is 5.32 Å². The molecule has 1 aromatic heterocycles.